The summed E-state index contributed by atoms with van der Waals surface area (Å²) in [5.74, 6) is 0. The van der Waals surface area contributed by atoms with Crippen LogP contribution in [0.2, 0.25) is 0 Å². The van der Waals surface area contributed by atoms with E-state index in [-0.39, 0.29) is 4.90 Å². The molecule has 0 saturated carbocycles. The largest absolute Gasteiger partial charge is 0.249 e. The fourth-order valence-corrected chi connectivity index (χ4v) is 4.34. The van der Waals surface area contributed by atoms with E-state index in [1.165, 1.54) is 18.0 Å². The molecule has 146 valence electrons. The van der Waals surface area contributed by atoms with Gasteiger partial charge in [-0.05, 0) is 42.8 Å². The van der Waals surface area contributed by atoms with Gasteiger partial charge in [-0.3, -0.25) is 0 Å². The second-order valence-electron chi connectivity index (χ2n) is 6.69. The Balaban J connectivity index is 1.78. The Kier molecular flexibility index (Phi) is 5.25. The molecular weight excluding hydrogens is 402 g/mol. The van der Waals surface area contributed by atoms with Gasteiger partial charge in [0.05, 0.1) is 15.5 Å². The van der Waals surface area contributed by atoms with E-state index in [2.05, 4.69) is 4.98 Å². The summed E-state index contributed by atoms with van der Waals surface area (Å²) in [7, 11) is -3.24. The van der Waals surface area contributed by atoms with Crippen LogP contribution in [0.25, 0.3) is 16.9 Å². The van der Waals surface area contributed by atoms with Gasteiger partial charge < -0.3 is 0 Å². The second-order valence-corrected chi connectivity index (χ2v) is 9.77. The van der Waals surface area contributed by atoms with Crippen molar-refractivity contribution < 1.29 is 8.42 Å². The maximum absolute atomic E-state index is 11.8. The smallest absolute Gasteiger partial charge is 0.175 e. The standard InChI is InChI=1S/C22H19N3O2S2/c1-16-8-13-21(23-14-16)28-20-15-25(18-6-4-3-5-7-18)24-22(20)17-9-11-19(12-10-17)29(2,26)27/h3-15H,1-2H3. The number of pyridine rings is 1. The van der Waals surface area contributed by atoms with Crippen LogP contribution in [0.15, 0.2) is 93.9 Å². The first-order chi connectivity index (χ1) is 13.9. The van der Waals surface area contributed by atoms with Crippen molar-refractivity contribution in [3.8, 4) is 16.9 Å². The number of rotatable bonds is 5. The van der Waals surface area contributed by atoms with E-state index in [9.17, 15) is 8.42 Å². The zero-order chi connectivity index (χ0) is 20.4. The molecule has 0 aliphatic heterocycles. The first kappa shape index (κ1) is 19.4. The molecule has 29 heavy (non-hydrogen) atoms. The Labute approximate surface area is 174 Å². The van der Waals surface area contributed by atoms with E-state index in [1.54, 1.807) is 24.3 Å². The van der Waals surface area contributed by atoms with Crippen LogP contribution < -0.4 is 0 Å². The normalized spacial score (nSPS) is 11.5. The van der Waals surface area contributed by atoms with Crippen LogP contribution in [0.5, 0.6) is 0 Å². The van der Waals surface area contributed by atoms with E-state index in [0.717, 1.165) is 32.4 Å². The minimum absolute atomic E-state index is 0.290. The Morgan fingerprint density at radius 2 is 1.66 bits per heavy atom. The molecule has 0 amide bonds. The van der Waals surface area contributed by atoms with E-state index >= 15 is 0 Å². The average Bonchev–Trinajstić information content (AvgIpc) is 3.14. The van der Waals surface area contributed by atoms with Gasteiger partial charge in [0.25, 0.3) is 0 Å². The van der Waals surface area contributed by atoms with Gasteiger partial charge in [0.15, 0.2) is 9.84 Å². The molecule has 5 nitrogen and oxygen atoms in total. The van der Waals surface area contributed by atoms with Crippen LogP contribution in [0.1, 0.15) is 5.56 Å². The van der Waals surface area contributed by atoms with Gasteiger partial charge in [-0.25, -0.2) is 18.1 Å². The summed E-state index contributed by atoms with van der Waals surface area (Å²) in [4.78, 5) is 5.72. The lowest BCUT2D eigenvalue weighted by molar-refractivity contribution is 0.602. The van der Waals surface area contributed by atoms with Gasteiger partial charge in [-0.15, -0.1) is 0 Å². The highest BCUT2D eigenvalue weighted by atomic mass is 32.2. The van der Waals surface area contributed by atoms with Crippen molar-refractivity contribution in [3.05, 3.63) is 84.7 Å². The molecule has 0 radical (unpaired) electrons. The summed E-state index contributed by atoms with van der Waals surface area (Å²) in [6.45, 7) is 2.00. The third-order valence-corrected chi connectivity index (χ3v) is 6.45. The Hall–Kier alpha value is -2.90. The topological polar surface area (TPSA) is 64.8 Å². The minimum atomic E-state index is -3.24. The van der Waals surface area contributed by atoms with Crippen LogP contribution >= 0.6 is 11.8 Å². The highest BCUT2D eigenvalue weighted by molar-refractivity contribution is 7.99. The molecule has 0 N–H and O–H groups in total. The highest BCUT2D eigenvalue weighted by Gasteiger charge is 2.15. The molecule has 0 aliphatic carbocycles. The number of sulfone groups is 1. The van der Waals surface area contributed by atoms with Crippen molar-refractivity contribution in [2.75, 3.05) is 6.26 Å². The molecule has 0 saturated heterocycles. The molecule has 0 unspecified atom stereocenters. The number of para-hydroxylation sites is 1. The summed E-state index contributed by atoms with van der Waals surface area (Å²) in [6, 6.07) is 20.7. The van der Waals surface area contributed by atoms with Crippen molar-refractivity contribution in [1.29, 1.82) is 0 Å². The fourth-order valence-electron chi connectivity index (χ4n) is 2.83. The van der Waals surface area contributed by atoms with Crippen molar-refractivity contribution >= 4 is 21.6 Å². The number of benzene rings is 2. The predicted octanol–water partition coefficient (Wildman–Crippen LogP) is 4.80. The van der Waals surface area contributed by atoms with Crippen LogP contribution in [-0.2, 0) is 9.84 Å². The van der Waals surface area contributed by atoms with Crippen molar-refractivity contribution in [3.63, 3.8) is 0 Å². The van der Waals surface area contributed by atoms with Crippen LogP contribution in [0.3, 0.4) is 0 Å². The molecule has 0 fully saturated rings. The van der Waals surface area contributed by atoms with Gasteiger partial charge >= 0.3 is 0 Å². The third kappa shape index (κ3) is 4.41. The van der Waals surface area contributed by atoms with Gasteiger partial charge in [-0.1, -0.05) is 48.2 Å². The lowest BCUT2D eigenvalue weighted by Crippen LogP contribution is -1.97. The van der Waals surface area contributed by atoms with Gasteiger partial charge in [0.2, 0.25) is 0 Å². The predicted molar refractivity (Wildman–Crippen MR) is 115 cm³/mol. The van der Waals surface area contributed by atoms with E-state index < -0.39 is 9.84 Å². The molecule has 4 rings (SSSR count). The molecule has 4 aromatic rings. The summed E-state index contributed by atoms with van der Waals surface area (Å²) >= 11 is 1.53. The minimum Gasteiger partial charge on any atom is -0.249 e. The molecule has 2 aromatic carbocycles. The molecule has 0 spiro atoms. The zero-order valence-electron chi connectivity index (χ0n) is 16.0. The number of nitrogens with zero attached hydrogens (tertiary/aromatic N) is 3. The summed E-state index contributed by atoms with van der Waals surface area (Å²) < 4.78 is 25.4. The molecule has 2 aromatic heterocycles. The van der Waals surface area contributed by atoms with Crippen LogP contribution in [0.4, 0.5) is 0 Å². The molecule has 2 heterocycles. The highest BCUT2D eigenvalue weighted by Crippen LogP contribution is 2.35. The number of hydrogen-bond acceptors (Lipinski definition) is 5. The number of hydrogen-bond donors (Lipinski definition) is 0. The molecule has 0 bridgehead atoms. The molecular formula is C22H19N3O2S2. The number of aryl methyl sites for hydroxylation is 1. The lowest BCUT2D eigenvalue weighted by atomic mass is 10.2. The van der Waals surface area contributed by atoms with Gasteiger partial charge in [0, 0.05) is 24.2 Å². The maximum Gasteiger partial charge on any atom is 0.175 e. The number of aromatic nitrogens is 3. The SMILES string of the molecule is Cc1ccc(Sc2cn(-c3ccccc3)nc2-c2ccc(S(C)(=O)=O)cc2)nc1. The first-order valence-electron chi connectivity index (χ1n) is 8.96. The Morgan fingerprint density at radius 1 is 0.931 bits per heavy atom. The lowest BCUT2D eigenvalue weighted by Gasteiger charge is -2.04. The zero-order valence-corrected chi connectivity index (χ0v) is 17.6. The quantitative estimate of drug-likeness (QED) is 0.463. The van der Waals surface area contributed by atoms with Crippen LogP contribution in [-0.4, -0.2) is 29.4 Å². The fraction of sp³-hybridized carbons (Fsp3) is 0.0909. The van der Waals surface area contributed by atoms with Crippen molar-refractivity contribution in [2.45, 2.75) is 21.7 Å². The average molecular weight is 422 g/mol. The van der Waals surface area contributed by atoms with E-state index in [1.807, 2.05) is 66.5 Å². The van der Waals surface area contributed by atoms with Gasteiger partial charge in [-0.2, -0.15) is 5.10 Å². The third-order valence-electron chi connectivity index (χ3n) is 4.36. The van der Waals surface area contributed by atoms with E-state index in [0.29, 0.717) is 0 Å². The summed E-state index contributed by atoms with van der Waals surface area (Å²) in [6.07, 6.45) is 5.02. The Morgan fingerprint density at radius 3 is 2.28 bits per heavy atom. The molecule has 7 heteroatoms. The van der Waals surface area contributed by atoms with Gasteiger partial charge in [0.1, 0.15) is 10.7 Å². The summed E-state index contributed by atoms with van der Waals surface area (Å²) in [5.41, 5.74) is 3.68. The van der Waals surface area contributed by atoms with E-state index in [4.69, 9.17) is 5.10 Å². The van der Waals surface area contributed by atoms with Crippen molar-refractivity contribution in [2.24, 2.45) is 0 Å². The van der Waals surface area contributed by atoms with Crippen molar-refractivity contribution in [1.82, 2.24) is 14.8 Å². The maximum atomic E-state index is 11.8. The molecule has 0 aliphatic rings. The Bertz CT molecular complexity index is 1230. The van der Waals surface area contributed by atoms with Crippen LogP contribution in [0, 0.1) is 6.92 Å². The first-order valence-corrected chi connectivity index (χ1v) is 11.7. The summed E-state index contributed by atoms with van der Waals surface area (Å²) in [5, 5.41) is 5.65. The molecule has 0 atom stereocenters. The second kappa shape index (κ2) is 7.85. The monoisotopic (exact) mass is 421 g/mol.